The highest BCUT2D eigenvalue weighted by atomic mass is 16.5. The van der Waals surface area contributed by atoms with E-state index in [4.69, 9.17) is 4.74 Å². The molecule has 0 aliphatic rings. The first-order valence-electron chi connectivity index (χ1n) is 7.25. The number of nitrogens with one attached hydrogen (secondary N) is 1. The van der Waals surface area contributed by atoms with Crippen LogP contribution >= 0.6 is 0 Å². The minimum atomic E-state index is -0.381. The Labute approximate surface area is 130 Å². The summed E-state index contributed by atoms with van der Waals surface area (Å²) < 4.78 is 5.08. The van der Waals surface area contributed by atoms with Crippen LogP contribution in [0, 0.1) is 6.92 Å². The van der Waals surface area contributed by atoms with Crippen LogP contribution in [-0.4, -0.2) is 18.5 Å². The predicted molar refractivity (Wildman–Crippen MR) is 86.1 cm³/mol. The van der Waals surface area contributed by atoms with Crippen molar-refractivity contribution >= 4 is 17.6 Å². The number of esters is 1. The molecule has 0 aromatic heterocycles. The highest BCUT2D eigenvalue weighted by Gasteiger charge is 2.10. The standard InChI is InChI=1S/C18H19NO3/c1-3-11-22-18(21)15-5-4-6-16(12-15)19-17(20)14-9-7-13(2)8-10-14/h4-10,12H,3,11H2,1-2H3,(H,19,20). The molecule has 0 saturated heterocycles. The van der Waals surface area contributed by atoms with E-state index in [1.54, 1.807) is 36.4 Å². The van der Waals surface area contributed by atoms with Crippen LogP contribution < -0.4 is 5.32 Å². The summed E-state index contributed by atoms with van der Waals surface area (Å²) in [5.74, 6) is -0.590. The molecule has 2 aromatic rings. The monoisotopic (exact) mass is 297 g/mol. The number of anilines is 1. The molecule has 0 unspecified atom stereocenters. The summed E-state index contributed by atoms with van der Waals surface area (Å²) in [6.07, 6.45) is 0.773. The van der Waals surface area contributed by atoms with Crippen LogP contribution in [-0.2, 0) is 4.74 Å². The minimum absolute atomic E-state index is 0.209. The van der Waals surface area contributed by atoms with Crippen molar-refractivity contribution in [2.75, 3.05) is 11.9 Å². The van der Waals surface area contributed by atoms with Crippen LogP contribution in [0.2, 0.25) is 0 Å². The zero-order valence-electron chi connectivity index (χ0n) is 12.8. The van der Waals surface area contributed by atoms with E-state index in [1.165, 1.54) is 0 Å². The summed E-state index contributed by atoms with van der Waals surface area (Å²) in [4.78, 5) is 24.0. The molecule has 114 valence electrons. The van der Waals surface area contributed by atoms with Crippen LogP contribution in [0.4, 0.5) is 5.69 Å². The van der Waals surface area contributed by atoms with E-state index in [-0.39, 0.29) is 11.9 Å². The Morgan fingerprint density at radius 2 is 1.77 bits per heavy atom. The van der Waals surface area contributed by atoms with Gasteiger partial charge in [0.25, 0.3) is 5.91 Å². The van der Waals surface area contributed by atoms with Gasteiger partial charge < -0.3 is 10.1 Å². The van der Waals surface area contributed by atoms with Gasteiger partial charge in [0.05, 0.1) is 12.2 Å². The summed E-state index contributed by atoms with van der Waals surface area (Å²) in [6.45, 7) is 4.29. The van der Waals surface area contributed by atoms with E-state index in [2.05, 4.69) is 5.32 Å². The lowest BCUT2D eigenvalue weighted by Gasteiger charge is -2.08. The highest BCUT2D eigenvalue weighted by Crippen LogP contribution is 2.14. The molecule has 0 bridgehead atoms. The molecular formula is C18H19NO3. The molecule has 0 radical (unpaired) electrons. The fourth-order valence-corrected chi connectivity index (χ4v) is 1.91. The number of benzene rings is 2. The number of hydrogen-bond acceptors (Lipinski definition) is 3. The predicted octanol–water partition coefficient (Wildman–Crippen LogP) is 3.81. The molecule has 2 aromatic carbocycles. The van der Waals surface area contributed by atoms with Crippen molar-refractivity contribution in [3.63, 3.8) is 0 Å². The van der Waals surface area contributed by atoms with Crippen molar-refractivity contribution in [1.82, 2.24) is 0 Å². The topological polar surface area (TPSA) is 55.4 Å². The second-order valence-electron chi connectivity index (χ2n) is 5.04. The van der Waals surface area contributed by atoms with Gasteiger partial charge in [-0.25, -0.2) is 4.79 Å². The second-order valence-corrected chi connectivity index (χ2v) is 5.04. The van der Waals surface area contributed by atoms with E-state index < -0.39 is 0 Å². The van der Waals surface area contributed by atoms with Crippen molar-refractivity contribution in [3.8, 4) is 0 Å². The van der Waals surface area contributed by atoms with Gasteiger partial charge in [0.15, 0.2) is 0 Å². The molecule has 22 heavy (non-hydrogen) atoms. The van der Waals surface area contributed by atoms with Crippen LogP contribution in [0.3, 0.4) is 0 Å². The van der Waals surface area contributed by atoms with Gasteiger partial charge in [-0.3, -0.25) is 4.79 Å². The third kappa shape index (κ3) is 4.19. The van der Waals surface area contributed by atoms with E-state index in [0.29, 0.717) is 23.4 Å². The van der Waals surface area contributed by atoms with Crippen LogP contribution in [0.5, 0.6) is 0 Å². The first-order valence-corrected chi connectivity index (χ1v) is 7.25. The lowest BCUT2D eigenvalue weighted by Crippen LogP contribution is -2.13. The summed E-state index contributed by atoms with van der Waals surface area (Å²) in [5.41, 5.74) is 2.66. The lowest BCUT2D eigenvalue weighted by molar-refractivity contribution is 0.0505. The molecule has 4 heteroatoms. The maximum absolute atomic E-state index is 12.2. The Hall–Kier alpha value is -2.62. The highest BCUT2D eigenvalue weighted by molar-refractivity contribution is 6.04. The molecule has 0 fully saturated rings. The Morgan fingerprint density at radius 1 is 1.05 bits per heavy atom. The first-order chi connectivity index (χ1) is 10.6. The number of ether oxygens (including phenoxy) is 1. The molecule has 0 heterocycles. The number of carbonyl (C=O) groups excluding carboxylic acids is 2. The van der Waals surface area contributed by atoms with Gasteiger partial charge in [-0.05, 0) is 43.7 Å². The van der Waals surface area contributed by atoms with Gasteiger partial charge >= 0.3 is 5.97 Å². The number of carbonyl (C=O) groups is 2. The summed E-state index contributed by atoms with van der Waals surface area (Å²) in [5, 5.41) is 2.78. The summed E-state index contributed by atoms with van der Waals surface area (Å²) in [6, 6.07) is 14.0. The van der Waals surface area contributed by atoms with Gasteiger partial charge in [0.2, 0.25) is 0 Å². The fraction of sp³-hybridized carbons (Fsp3) is 0.222. The van der Waals surface area contributed by atoms with Gasteiger partial charge in [0, 0.05) is 11.3 Å². The number of rotatable bonds is 5. The van der Waals surface area contributed by atoms with Crippen LogP contribution in [0.25, 0.3) is 0 Å². The van der Waals surface area contributed by atoms with Crippen LogP contribution in [0.1, 0.15) is 39.6 Å². The Morgan fingerprint density at radius 3 is 2.45 bits per heavy atom. The molecule has 2 rings (SSSR count). The van der Waals surface area contributed by atoms with Crippen molar-refractivity contribution in [3.05, 3.63) is 65.2 Å². The number of aryl methyl sites for hydroxylation is 1. The SMILES string of the molecule is CCCOC(=O)c1cccc(NC(=O)c2ccc(C)cc2)c1. The van der Waals surface area contributed by atoms with Gasteiger partial charge in [-0.2, -0.15) is 0 Å². The zero-order chi connectivity index (χ0) is 15.9. The van der Waals surface area contributed by atoms with Gasteiger partial charge in [-0.15, -0.1) is 0 Å². The van der Waals surface area contributed by atoms with Crippen molar-refractivity contribution < 1.29 is 14.3 Å². The van der Waals surface area contributed by atoms with Crippen LogP contribution in [0.15, 0.2) is 48.5 Å². The maximum Gasteiger partial charge on any atom is 0.338 e. The van der Waals surface area contributed by atoms with Crippen molar-refractivity contribution in [2.45, 2.75) is 20.3 Å². The van der Waals surface area contributed by atoms with Gasteiger partial charge in [-0.1, -0.05) is 30.7 Å². The minimum Gasteiger partial charge on any atom is -0.462 e. The molecule has 0 spiro atoms. The van der Waals surface area contributed by atoms with E-state index >= 15 is 0 Å². The first kappa shape index (κ1) is 15.8. The lowest BCUT2D eigenvalue weighted by atomic mass is 10.1. The van der Waals surface area contributed by atoms with Gasteiger partial charge in [0.1, 0.15) is 0 Å². The summed E-state index contributed by atoms with van der Waals surface area (Å²) in [7, 11) is 0. The number of amides is 1. The van der Waals surface area contributed by atoms with E-state index in [9.17, 15) is 9.59 Å². The molecule has 0 saturated carbocycles. The quantitative estimate of drug-likeness (QED) is 0.854. The van der Waals surface area contributed by atoms with Crippen molar-refractivity contribution in [2.24, 2.45) is 0 Å². The molecular weight excluding hydrogens is 278 g/mol. The third-order valence-electron chi connectivity index (χ3n) is 3.11. The Balaban J connectivity index is 2.08. The molecule has 0 aliphatic heterocycles. The van der Waals surface area contributed by atoms with E-state index in [1.807, 2.05) is 26.0 Å². The molecule has 0 atom stereocenters. The zero-order valence-corrected chi connectivity index (χ0v) is 12.8. The number of hydrogen-bond donors (Lipinski definition) is 1. The second kappa shape index (κ2) is 7.41. The smallest absolute Gasteiger partial charge is 0.338 e. The normalized spacial score (nSPS) is 10.1. The molecule has 0 aliphatic carbocycles. The third-order valence-corrected chi connectivity index (χ3v) is 3.11. The fourth-order valence-electron chi connectivity index (χ4n) is 1.91. The van der Waals surface area contributed by atoms with Crippen molar-refractivity contribution in [1.29, 1.82) is 0 Å². The molecule has 4 nitrogen and oxygen atoms in total. The molecule has 1 N–H and O–H groups in total. The Kier molecular flexibility index (Phi) is 5.31. The Bertz CT molecular complexity index is 662. The average molecular weight is 297 g/mol. The maximum atomic E-state index is 12.2. The largest absolute Gasteiger partial charge is 0.462 e. The molecule has 1 amide bonds. The van der Waals surface area contributed by atoms with E-state index in [0.717, 1.165) is 12.0 Å². The summed E-state index contributed by atoms with van der Waals surface area (Å²) >= 11 is 0. The average Bonchev–Trinajstić information content (AvgIpc) is 2.53.